The first kappa shape index (κ1) is 27.6. The topological polar surface area (TPSA) is 99.8 Å². The molecule has 0 radical (unpaired) electrons. The Labute approximate surface area is 228 Å². The summed E-state index contributed by atoms with van der Waals surface area (Å²) in [6.45, 7) is 6.29. The number of aliphatic hydroxyl groups is 2. The lowest BCUT2D eigenvalue weighted by Crippen LogP contribution is -2.52. The largest absolute Gasteiger partial charge is 0.395 e. The number of piperazine rings is 1. The Morgan fingerprint density at radius 3 is 2.61 bits per heavy atom. The highest BCUT2D eigenvalue weighted by Crippen LogP contribution is 2.36. The Bertz CT molecular complexity index is 1320. The predicted molar refractivity (Wildman–Crippen MR) is 149 cm³/mol. The van der Waals surface area contributed by atoms with Crippen molar-refractivity contribution >= 4 is 23.2 Å². The minimum absolute atomic E-state index is 0.0128. The van der Waals surface area contributed by atoms with E-state index in [1.165, 1.54) is 5.56 Å². The molecule has 1 saturated heterocycles. The van der Waals surface area contributed by atoms with Gasteiger partial charge in [0.15, 0.2) is 0 Å². The van der Waals surface area contributed by atoms with Crippen molar-refractivity contribution in [2.75, 3.05) is 44.2 Å². The summed E-state index contributed by atoms with van der Waals surface area (Å²) in [4.78, 5) is 16.9. The summed E-state index contributed by atoms with van der Waals surface area (Å²) < 4.78 is 0. The normalized spacial score (nSPS) is 17.5. The number of rotatable bonds is 8. The van der Waals surface area contributed by atoms with Crippen LogP contribution >= 0.6 is 11.6 Å². The van der Waals surface area contributed by atoms with Gasteiger partial charge < -0.3 is 20.4 Å². The summed E-state index contributed by atoms with van der Waals surface area (Å²) in [6.07, 6.45) is 0. The van der Waals surface area contributed by atoms with Crippen molar-refractivity contribution in [3.05, 3.63) is 99.6 Å². The van der Waals surface area contributed by atoms with E-state index in [1.807, 2.05) is 12.1 Å². The van der Waals surface area contributed by atoms with Crippen molar-refractivity contribution in [3.63, 3.8) is 0 Å². The van der Waals surface area contributed by atoms with Crippen LogP contribution in [0.15, 0.2) is 66.7 Å². The molecular weight excluding hydrogens is 500 g/mol. The maximum atomic E-state index is 12.4. The minimum Gasteiger partial charge on any atom is -0.395 e. The molecule has 198 valence electrons. The highest BCUT2D eigenvalue weighted by molar-refractivity contribution is 6.33. The summed E-state index contributed by atoms with van der Waals surface area (Å²) in [5, 5.41) is 33.0. The lowest BCUT2D eigenvalue weighted by Gasteiger charge is -2.45. The number of aryl methyl sites for hydroxylation is 1. The number of nitrogens with zero attached hydrogens (tertiary/aromatic N) is 3. The molecule has 0 spiro atoms. The summed E-state index contributed by atoms with van der Waals surface area (Å²) in [5.41, 5.74) is 3.61. The SMILES string of the molecule is Cc1ccc([C@@H]2CN(C[C@@](C)(O)c3cccc(C(=O)NCCO)c3)CCN2c2ccc(C#N)cc2Cl)cc1. The van der Waals surface area contributed by atoms with Crippen molar-refractivity contribution in [3.8, 4) is 6.07 Å². The molecule has 1 heterocycles. The Morgan fingerprint density at radius 1 is 1.16 bits per heavy atom. The fourth-order valence-corrected chi connectivity index (χ4v) is 5.24. The van der Waals surface area contributed by atoms with Crippen LogP contribution in [0, 0.1) is 18.3 Å². The molecule has 0 bridgehead atoms. The molecule has 38 heavy (non-hydrogen) atoms. The summed E-state index contributed by atoms with van der Waals surface area (Å²) in [5.74, 6) is -0.288. The average molecular weight is 533 g/mol. The van der Waals surface area contributed by atoms with E-state index in [0.717, 1.165) is 11.3 Å². The van der Waals surface area contributed by atoms with Crippen molar-refractivity contribution in [1.29, 1.82) is 5.26 Å². The molecule has 4 rings (SSSR count). The molecule has 1 aliphatic rings. The second-order valence-electron chi connectivity index (χ2n) is 9.97. The van der Waals surface area contributed by atoms with Gasteiger partial charge in [0.05, 0.1) is 40.6 Å². The standard InChI is InChI=1S/C30H33ClN4O3/c1-21-6-9-23(10-7-21)28-19-34(13-14-35(28)27-11-8-22(18-32)16-26(27)31)20-30(2,38)25-5-3-4-24(17-25)29(37)33-12-15-36/h3-11,16-17,28,36,38H,12-15,19-20H2,1-2H3,(H,33,37)/t28-,30+/m0/s1. The maximum absolute atomic E-state index is 12.4. The summed E-state index contributed by atoms with van der Waals surface area (Å²) in [7, 11) is 0. The predicted octanol–water partition coefficient (Wildman–Crippen LogP) is 4.01. The third kappa shape index (κ3) is 6.35. The lowest BCUT2D eigenvalue weighted by atomic mass is 9.92. The number of hydrogen-bond donors (Lipinski definition) is 3. The summed E-state index contributed by atoms with van der Waals surface area (Å²) >= 11 is 6.62. The van der Waals surface area contributed by atoms with E-state index >= 15 is 0 Å². The van der Waals surface area contributed by atoms with Crippen LogP contribution in [0.2, 0.25) is 5.02 Å². The number of β-amino-alcohol motifs (C(OH)–C–C–N with tert-alkyl or cyclic N) is 1. The molecule has 1 amide bonds. The fourth-order valence-electron chi connectivity index (χ4n) is 4.95. The number of benzene rings is 3. The van der Waals surface area contributed by atoms with Gasteiger partial charge in [-0.2, -0.15) is 5.26 Å². The van der Waals surface area contributed by atoms with Gasteiger partial charge in [0.25, 0.3) is 5.91 Å². The van der Waals surface area contributed by atoms with Crippen LogP contribution in [0.25, 0.3) is 0 Å². The van der Waals surface area contributed by atoms with Gasteiger partial charge in [-0.3, -0.25) is 9.69 Å². The van der Waals surface area contributed by atoms with Crippen LogP contribution in [0.3, 0.4) is 0 Å². The van der Waals surface area contributed by atoms with E-state index in [9.17, 15) is 15.2 Å². The Hall–Kier alpha value is -3.41. The smallest absolute Gasteiger partial charge is 0.251 e. The van der Waals surface area contributed by atoms with Crippen molar-refractivity contribution in [1.82, 2.24) is 10.2 Å². The van der Waals surface area contributed by atoms with Crippen molar-refractivity contribution in [2.24, 2.45) is 0 Å². The number of carbonyl (C=O) groups excluding carboxylic acids is 1. The maximum Gasteiger partial charge on any atom is 0.251 e. The number of amides is 1. The van der Waals surface area contributed by atoms with Crippen LogP contribution in [-0.4, -0.2) is 60.4 Å². The van der Waals surface area contributed by atoms with Gasteiger partial charge in [-0.25, -0.2) is 0 Å². The van der Waals surface area contributed by atoms with Gasteiger partial charge in [-0.15, -0.1) is 0 Å². The van der Waals surface area contributed by atoms with E-state index in [4.69, 9.17) is 16.7 Å². The van der Waals surface area contributed by atoms with E-state index in [1.54, 1.807) is 37.3 Å². The van der Waals surface area contributed by atoms with Gasteiger partial charge in [0.2, 0.25) is 0 Å². The second-order valence-corrected chi connectivity index (χ2v) is 10.4. The molecule has 0 unspecified atom stereocenters. The Kier molecular flexibility index (Phi) is 8.70. The highest BCUT2D eigenvalue weighted by atomic mass is 35.5. The third-order valence-electron chi connectivity index (χ3n) is 6.99. The molecule has 1 aliphatic heterocycles. The zero-order valence-corrected chi connectivity index (χ0v) is 22.4. The van der Waals surface area contributed by atoms with Gasteiger partial charge in [0.1, 0.15) is 0 Å². The zero-order chi connectivity index (χ0) is 27.3. The molecular formula is C30H33ClN4O3. The second kappa shape index (κ2) is 12.0. The zero-order valence-electron chi connectivity index (χ0n) is 21.7. The van der Waals surface area contributed by atoms with E-state index in [0.29, 0.717) is 47.9 Å². The first-order valence-electron chi connectivity index (χ1n) is 12.7. The van der Waals surface area contributed by atoms with Crippen molar-refractivity contribution in [2.45, 2.75) is 25.5 Å². The molecule has 1 fully saturated rings. The lowest BCUT2D eigenvalue weighted by molar-refractivity contribution is 0.0103. The number of nitrogens with one attached hydrogen (secondary N) is 1. The highest BCUT2D eigenvalue weighted by Gasteiger charge is 2.34. The number of anilines is 1. The number of carbonyl (C=O) groups is 1. The molecule has 3 aromatic rings. The van der Waals surface area contributed by atoms with Crippen LogP contribution < -0.4 is 10.2 Å². The van der Waals surface area contributed by atoms with Crippen LogP contribution in [0.4, 0.5) is 5.69 Å². The van der Waals surface area contributed by atoms with Crippen LogP contribution in [0.5, 0.6) is 0 Å². The van der Waals surface area contributed by atoms with Gasteiger partial charge in [0, 0.05) is 38.3 Å². The van der Waals surface area contributed by atoms with Crippen molar-refractivity contribution < 1.29 is 15.0 Å². The van der Waals surface area contributed by atoms with Crippen LogP contribution in [-0.2, 0) is 5.60 Å². The minimum atomic E-state index is -1.20. The molecule has 8 heteroatoms. The van der Waals surface area contributed by atoms with Gasteiger partial charge in [-0.05, 0) is 55.3 Å². The Morgan fingerprint density at radius 2 is 1.92 bits per heavy atom. The third-order valence-corrected chi connectivity index (χ3v) is 7.29. The number of aliphatic hydroxyl groups excluding tert-OH is 1. The average Bonchev–Trinajstić information content (AvgIpc) is 2.92. The molecule has 0 aromatic heterocycles. The fraction of sp³-hybridized carbons (Fsp3) is 0.333. The Balaban J connectivity index is 1.58. The van der Waals surface area contributed by atoms with E-state index in [2.05, 4.69) is 52.4 Å². The summed E-state index contributed by atoms with van der Waals surface area (Å²) in [6, 6.07) is 22.9. The first-order valence-corrected chi connectivity index (χ1v) is 13.1. The number of halogens is 1. The van der Waals surface area contributed by atoms with Crippen LogP contribution in [0.1, 0.15) is 45.6 Å². The first-order chi connectivity index (χ1) is 18.2. The molecule has 3 aromatic carbocycles. The monoisotopic (exact) mass is 532 g/mol. The van der Waals surface area contributed by atoms with E-state index in [-0.39, 0.29) is 25.1 Å². The van der Waals surface area contributed by atoms with Gasteiger partial charge >= 0.3 is 0 Å². The molecule has 3 N–H and O–H groups in total. The molecule has 2 atom stereocenters. The quantitative estimate of drug-likeness (QED) is 0.405. The molecule has 0 aliphatic carbocycles. The molecule has 7 nitrogen and oxygen atoms in total. The van der Waals surface area contributed by atoms with Gasteiger partial charge in [-0.1, -0.05) is 53.6 Å². The molecule has 0 saturated carbocycles. The number of nitriles is 1. The van der Waals surface area contributed by atoms with E-state index < -0.39 is 5.60 Å². The number of hydrogen-bond acceptors (Lipinski definition) is 6.